The molecule has 43 heavy (non-hydrogen) atoms. The van der Waals surface area contributed by atoms with Gasteiger partial charge in [0.25, 0.3) is 0 Å². The van der Waals surface area contributed by atoms with E-state index in [0.717, 1.165) is 37.6 Å². The van der Waals surface area contributed by atoms with E-state index in [1.54, 1.807) is 62.9 Å². The van der Waals surface area contributed by atoms with Gasteiger partial charge in [-0.15, -0.1) is 0 Å². The lowest BCUT2D eigenvalue weighted by atomic mass is 9.99. The molecule has 4 aromatic rings. The van der Waals surface area contributed by atoms with E-state index in [9.17, 15) is 9.59 Å². The highest BCUT2D eigenvalue weighted by molar-refractivity contribution is 6.39. The highest BCUT2D eigenvalue weighted by Gasteiger charge is 2.19. The van der Waals surface area contributed by atoms with Crippen molar-refractivity contribution in [3.8, 4) is 28.7 Å². The van der Waals surface area contributed by atoms with Crippen molar-refractivity contribution in [2.75, 3.05) is 39.2 Å². The molecular weight excluding hydrogens is 555 g/mol. The third-order valence-corrected chi connectivity index (χ3v) is 7.13. The molecule has 1 saturated heterocycles. The highest BCUT2D eigenvalue weighted by Crippen LogP contribution is 2.40. The zero-order valence-corrected chi connectivity index (χ0v) is 23.9. The normalized spacial score (nSPS) is 13.3. The molecule has 0 radical (unpaired) electrons. The number of ether oxygens (including phenoxy) is 4. The molecule has 3 N–H and O–H groups in total. The number of nitrogens with one attached hydrogen (secondary N) is 3. The molecular formula is C32H33FN4O6. The molecule has 0 unspecified atom stereocenters. The van der Waals surface area contributed by atoms with Gasteiger partial charge in [-0.1, -0.05) is 12.1 Å². The number of nitrogens with zero attached hydrogens (tertiary/aromatic N) is 1. The van der Waals surface area contributed by atoms with Crippen LogP contribution < -0.4 is 34.9 Å². The minimum Gasteiger partial charge on any atom is -0.497 e. The molecule has 224 valence electrons. The fourth-order valence-electron chi connectivity index (χ4n) is 4.82. The number of hydrogen-bond acceptors (Lipinski definition) is 8. The number of piperidine rings is 1. The second-order valence-corrected chi connectivity index (χ2v) is 10.0. The van der Waals surface area contributed by atoms with E-state index in [-0.39, 0.29) is 18.0 Å². The van der Waals surface area contributed by atoms with Crippen LogP contribution >= 0.6 is 0 Å². The van der Waals surface area contributed by atoms with Gasteiger partial charge in [0, 0.05) is 29.9 Å². The van der Waals surface area contributed by atoms with Crippen molar-refractivity contribution < 1.29 is 32.9 Å². The first-order valence-electron chi connectivity index (χ1n) is 13.9. The van der Waals surface area contributed by atoms with Gasteiger partial charge in [-0.2, -0.15) is 0 Å². The van der Waals surface area contributed by atoms with Crippen LogP contribution in [0.15, 0.2) is 66.9 Å². The Kier molecular flexibility index (Phi) is 9.52. The number of rotatable bonds is 10. The van der Waals surface area contributed by atoms with Gasteiger partial charge in [-0.25, -0.2) is 4.39 Å². The predicted octanol–water partition coefficient (Wildman–Crippen LogP) is 4.82. The first kappa shape index (κ1) is 29.6. The molecule has 1 fully saturated rings. The number of benzene rings is 3. The molecule has 2 heterocycles. The van der Waals surface area contributed by atoms with Crippen LogP contribution in [0.5, 0.6) is 28.7 Å². The summed E-state index contributed by atoms with van der Waals surface area (Å²) in [6, 6.07) is 16.2. The predicted molar refractivity (Wildman–Crippen MR) is 159 cm³/mol. The fourth-order valence-corrected chi connectivity index (χ4v) is 4.82. The average molecular weight is 589 g/mol. The molecule has 3 aromatic carbocycles. The Morgan fingerprint density at radius 2 is 1.77 bits per heavy atom. The number of pyridine rings is 1. The average Bonchev–Trinajstić information content (AvgIpc) is 3.04. The van der Waals surface area contributed by atoms with Crippen LogP contribution in [0, 0.1) is 11.7 Å². The molecule has 11 heteroatoms. The number of aromatic nitrogens is 1. The summed E-state index contributed by atoms with van der Waals surface area (Å²) in [5.74, 6) is -0.0753. The first-order valence-corrected chi connectivity index (χ1v) is 13.9. The monoisotopic (exact) mass is 588 g/mol. The second kappa shape index (κ2) is 13.8. The Labute approximate surface area is 248 Å². The molecule has 0 atom stereocenters. The number of carbonyl (C=O) groups excluding carboxylic acids is 2. The van der Waals surface area contributed by atoms with Gasteiger partial charge in [0.05, 0.1) is 20.8 Å². The molecule has 0 saturated carbocycles. The summed E-state index contributed by atoms with van der Waals surface area (Å²) in [6.45, 7) is 2.67. The van der Waals surface area contributed by atoms with Gasteiger partial charge >= 0.3 is 11.8 Å². The van der Waals surface area contributed by atoms with Gasteiger partial charge < -0.3 is 34.9 Å². The Balaban J connectivity index is 1.24. The van der Waals surface area contributed by atoms with Gasteiger partial charge in [-0.05, 0) is 79.9 Å². The Morgan fingerprint density at radius 1 is 0.953 bits per heavy atom. The van der Waals surface area contributed by atoms with Gasteiger partial charge in [-0.3, -0.25) is 14.6 Å². The van der Waals surface area contributed by atoms with E-state index in [1.165, 1.54) is 12.1 Å². The summed E-state index contributed by atoms with van der Waals surface area (Å²) in [5.41, 5.74) is 1.38. The van der Waals surface area contributed by atoms with Crippen molar-refractivity contribution in [1.29, 1.82) is 0 Å². The van der Waals surface area contributed by atoms with Crippen LogP contribution in [0.4, 0.5) is 10.1 Å². The summed E-state index contributed by atoms with van der Waals surface area (Å²) >= 11 is 0. The zero-order valence-electron chi connectivity index (χ0n) is 23.9. The van der Waals surface area contributed by atoms with Crippen molar-refractivity contribution in [2.24, 2.45) is 5.92 Å². The molecule has 2 amide bonds. The van der Waals surface area contributed by atoms with E-state index < -0.39 is 17.6 Å². The Morgan fingerprint density at radius 3 is 2.53 bits per heavy atom. The van der Waals surface area contributed by atoms with E-state index in [2.05, 4.69) is 20.9 Å². The number of hydrogen-bond donors (Lipinski definition) is 3. The highest BCUT2D eigenvalue weighted by atomic mass is 19.1. The van der Waals surface area contributed by atoms with Crippen molar-refractivity contribution in [2.45, 2.75) is 19.4 Å². The van der Waals surface area contributed by atoms with Gasteiger partial charge in [0.2, 0.25) is 0 Å². The van der Waals surface area contributed by atoms with Crippen LogP contribution in [0.3, 0.4) is 0 Å². The number of halogens is 1. The maximum absolute atomic E-state index is 15.1. The minimum atomic E-state index is -0.929. The lowest BCUT2D eigenvalue weighted by molar-refractivity contribution is -0.136. The standard InChI is InChI=1S/C32H33FN4O6/c1-40-23-5-3-4-21(16-23)18-36-31(38)32(39)37-22-6-8-27(25(33)17-22)43-26-12-15-35-29-24(26)7-9-28(30(29)41-2)42-19-20-10-13-34-14-11-20/h3-9,12,15-17,20,34H,10-11,13-14,18-19H2,1-2H3,(H,36,38)(H,37,39). The molecule has 0 aliphatic carbocycles. The van der Waals surface area contributed by atoms with Crippen molar-refractivity contribution in [3.05, 3.63) is 78.2 Å². The van der Waals surface area contributed by atoms with E-state index in [4.69, 9.17) is 18.9 Å². The largest absolute Gasteiger partial charge is 0.497 e. The minimum absolute atomic E-state index is 0.0711. The topological polar surface area (TPSA) is 120 Å². The van der Waals surface area contributed by atoms with E-state index >= 15 is 4.39 Å². The maximum atomic E-state index is 15.1. The molecule has 0 spiro atoms. The summed E-state index contributed by atoms with van der Waals surface area (Å²) in [7, 11) is 3.09. The van der Waals surface area contributed by atoms with Crippen LogP contribution in [0.1, 0.15) is 18.4 Å². The zero-order chi connectivity index (χ0) is 30.2. The van der Waals surface area contributed by atoms with Crippen LogP contribution in [0.2, 0.25) is 0 Å². The van der Waals surface area contributed by atoms with Crippen molar-refractivity contribution in [3.63, 3.8) is 0 Å². The molecule has 0 bridgehead atoms. The molecule has 1 aromatic heterocycles. The third kappa shape index (κ3) is 7.31. The quantitative estimate of drug-likeness (QED) is 0.226. The van der Waals surface area contributed by atoms with Crippen LogP contribution in [-0.2, 0) is 16.1 Å². The smallest absolute Gasteiger partial charge is 0.313 e. The molecule has 5 rings (SSSR count). The Hall–Kier alpha value is -4.90. The molecule has 10 nitrogen and oxygen atoms in total. The number of methoxy groups -OCH3 is 2. The summed E-state index contributed by atoms with van der Waals surface area (Å²) in [4.78, 5) is 29.1. The number of carbonyl (C=O) groups is 2. The number of anilines is 1. The lowest BCUT2D eigenvalue weighted by Crippen LogP contribution is -2.34. The SMILES string of the molecule is COc1cccc(CNC(=O)C(=O)Nc2ccc(Oc3ccnc4c(OC)c(OCC5CCNCC5)ccc34)c(F)c2)c1. The third-order valence-electron chi connectivity index (χ3n) is 7.13. The first-order chi connectivity index (χ1) is 20.9. The molecule has 1 aliphatic heterocycles. The second-order valence-electron chi connectivity index (χ2n) is 10.0. The van der Waals surface area contributed by atoms with Crippen LogP contribution in [0.25, 0.3) is 10.9 Å². The fraction of sp³-hybridized carbons (Fsp3) is 0.281. The van der Waals surface area contributed by atoms with Crippen molar-refractivity contribution >= 4 is 28.4 Å². The van der Waals surface area contributed by atoms with E-state index in [1.807, 2.05) is 0 Å². The van der Waals surface area contributed by atoms with Crippen molar-refractivity contribution in [1.82, 2.24) is 15.6 Å². The summed E-state index contributed by atoms with van der Waals surface area (Å²) in [6.07, 6.45) is 3.66. The number of fused-ring (bicyclic) bond motifs is 1. The maximum Gasteiger partial charge on any atom is 0.313 e. The van der Waals surface area contributed by atoms with Crippen LogP contribution in [-0.4, -0.2) is 50.7 Å². The van der Waals surface area contributed by atoms with E-state index in [0.29, 0.717) is 46.4 Å². The summed E-state index contributed by atoms with van der Waals surface area (Å²) in [5, 5.41) is 8.89. The van der Waals surface area contributed by atoms with Gasteiger partial charge in [0.15, 0.2) is 23.1 Å². The lowest BCUT2D eigenvalue weighted by Gasteiger charge is -2.23. The number of amides is 2. The molecule has 1 aliphatic rings. The Bertz CT molecular complexity index is 1610. The summed E-state index contributed by atoms with van der Waals surface area (Å²) < 4.78 is 37.9. The van der Waals surface area contributed by atoms with Gasteiger partial charge in [0.1, 0.15) is 17.0 Å².